The zero-order valence-electron chi connectivity index (χ0n) is 14.7. The molecule has 1 amide bonds. The Balaban J connectivity index is 1.57. The van der Waals surface area contributed by atoms with Gasteiger partial charge in [-0.3, -0.25) is 24.3 Å². The smallest absolute Gasteiger partial charge is 0.285 e. The summed E-state index contributed by atoms with van der Waals surface area (Å²) in [5.41, 5.74) is 0.0925. The van der Waals surface area contributed by atoms with Crippen LogP contribution in [-0.2, 0) is 17.9 Å². The summed E-state index contributed by atoms with van der Waals surface area (Å²) in [6.07, 6.45) is 7.26. The Morgan fingerprint density at radius 3 is 2.85 bits per heavy atom. The van der Waals surface area contributed by atoms with E-state index in [1.807, 2.05) is 0 Å². The molecule has 3 rings (SSSR count). The normalized spacial score (nSPS) is 14.1. The molecular formula is C18H20N4O5. The number of aromatic nitrogens is 2. The second kappa shape index (κ2) is 8.43. The van der Waals surface area contributed by atoms with Crippen LogP contribution in [0.5, 0.6) is 5.88 Å². The number of rotatable bonds is 7. The number of ether oxygens (including phenoxy) is 1. The van der Waals surface area contributed by atoms with Crippen LogP contribution in [0.2, 0.25) is 0 Å². The fraction of sp³-hybridized carbons (Fsp3) is 0.389. The van der Waals surface area contributed by atoms with Crippen LogP contribution in [0.3, 0.4) is 0 Å². The number of carbonyl (C=O) groups is 1. The maximum Gasteiger partial charge on any atom is 0.285 e. The van der Waals surface area contributed by atoms with Gasteiger partial charge in [-0.05, 0) is 37.3 Å². The van der Waals surface area contributed by atoms with Crippen molar-refractivity contribution in [2.75, 3.05) is 0 Å². The van der Waals surface area contributed by atoms with E-state index in [4.69, 9.17) is 4.74 Å². The SMILES string of the molecule is O=C(Cn1cc([N+](=O)[O-])ccc1=O)NCc1ccnc(OC2CCCC2)c1. The first-order chi connectivity index (χ1) is 13.0. The molecule has 27 heavy (non-hydrogen) atoms. The highest BCUT2D eigenvalue weighted by molar-refractivity contribution is 5.75. The molecule has 1 N–H and O–H groups in total. The van der Waals surface area contributed by atoms with Crippen molar-refractivity contribution < 1.29 is 14.5 Å². The first kappa shape index (κ1) is 18.6. The Morgan fingerprint density at radius 2 is 2.11 bits per heavy atom. The Morgan fingerprint density at radius 1 is 1.33 bits per heavy atom. The minimum Gasteiger partial charge on any atom is -0.474 e. The van der Waals surface area contributed by atoms with Gasteiger partial charge in [-0.1, -0.05) is 0 Å². The highest BCUT2D eigenvalue weighted by atomic mass is 16.6. The molecule has 0 unspecified atom stereocenters. The lowest BCUT2D eigenvalue weighted by Gasteiger charge is -2.13. The largest absolute Gasteiger partial charge is 0.474 e. The van der Waals surface area contributed by atoms with Crippen molar-refractivity contribution in [3.8, 4) is 5.88 Å². The summed E-state index contributed by atoms with van der Waals surface area (Å²) < 4.78 is 6.85. The van der Waals surface area contributed by atoms with Crippen LogP contribution in [0, 0.1) is 10.1 Å². The molecule has 1 aliphatic carbocycles. The van der Waals surface area contributed by atoms with E-state index in [-0.39, 0.29) is 24.9 Å². The molecule has 9 nitrogen and oxygen atoms in total. The average molecular weight is 372 g/mol. The number of nitro groups is 1. The van der Waals surface area contributed by atoms with Crippen LogP contribution >= 0.6 is 0 Å². The van der Waals surface area contributed by atoms with Gasteiger partial charge in [-0.25, -0.2) is 4.98 Å². The van der Waals surface area contributed by atoms with Gasteiger partial charge in [-0.2, -0.15) is 0 Å². The molecule has 0 radical (unpaired) electrons. The summed E-state index contributed by atoms with van der Waals surface area (Å²) in [4.78, 5) is 38.2. The van der Waals surface area contributed by atoms with Gasteiger partial charge in [0.15, 0.2) is 0 Å². The maximum atomic E-state index is 12.1. The summed E-state index contributed by atoms with van der Waals surface area (Å²) in [5, 5.41) is 13.5. The van der Waals surface area contributed by atoms with E-state index in [1.165, 1.54) is 0 Å². The summed E-state index contributed by atoms with van der Waals surface area (Å²) in [5.74, 6) is 0.108. The molecule has 0 aliphatic heterocycles. The zero-order valence-corrected chi connectivity index (χ0v) is 14.7. The highest BCUT2D eigenvalue weighted by Gasteiger charge is 2.17. The van der Waals surface area contributed by atoms with Crippen molar-refractivity contribution in [1.29, 1.82) is 0 Å². The number of pyridine rings is 2. The summed E-state index contributed by atoms with van der Waals surface area (Å²) in [7, 11) is 0. The predicted octanol–water partition coefficient (Wildman–Crippen LogP) is 1.79. The average Bonchev–Trinajstić information content (AvgIpc) is 3.15. The van der Waals surface area contributed by atoms with Crippen molar-refractivity contribution in [3.05, 3.63) is 62.7 Å². The number of nitrogens with zero attached hydrogens (tertiary/aromatic N) is 3. The van der Waals surface area contributed by atoms with Crippen LogP contribution in [0.25, 0.3) is 0 Å². The van der Waals surface area contributed by atoms with Gasteiger partial charge in [-0.15, -0.1) is 0 Å². The van der Waals surface area contributed by atoms with E-state index in [0.29, 0.717) is 5.88 Å². The molecule has 142 valence electrons. The Hall–Kier alpha value is -3.23. The number of amides is 1. The van der Waals surface area contributed by atoms with E-state index in [0.717, 1.165) is 54.1 Å². The number of hydrogen-bond donors (Lipinski definition) is 1. The molecule has 0 aromatic carbocycles. The molecule has 9 heteroatoms. The molecule has 2 aromatic heterocycles. The van der Waals surface area contributed by atoms with Crippen molar-refractivity contribution in [2.24, 2.45) is 0 Å². The van der Waals surface area contributed by atoms with Crippen LogP contribution in [-0.4, -0.2) is 26.5 Å². The molecule has 2 heterocycles. The van der Waals surface area contributed by atoms with Crippen molar-refractivity contribution in [3.63, 3.8) is 0 Å². The van der Waals surface area contributed by atoms with Crippen molar-refractivity contribution >= 4 is 11.6 Å². The quantitative estimate of drug-likeness (QED) is 0.585. The van der Waals surface area contributed by atoms with Gasteiger partial charge in [0.2, 0.25) is 11.8 Å². The van der Waals surface area contributed by atoms with E-state index in [1.54, 1.807) is 18.3 Å². The Labute approximate surface area is 155 Å². The first-order valence-electron chi connectivity index (χ1n) is 8.74. The molecular weight excluding hydrogens is 352 g/mol. The third kappa shape index (κ3) is 5.13. The molecule has 1 saturated carbocycles. The minimum absolute atomic E-state index is 0.197. The second-order valence-electron chi connectivity index (χ2n) is 6.41. The van der Waals surface area contributed by atoms with Gasteiger partial charge in [0, 0.05) is 30.9 Å². The molecule has 0 spiro atoms. The monoisotopic (exact) mass is 372 g/mol. The van der Waals surface area contributed by atoms with E-state index >= 15 is 0 Å². The molecule has 0 atom stereocenters. The third-order valence-electron chi connectivity index (χ3n) is 4.37. The van der Waals surface area contributed by atoms with E-state index < -0.39 is 16.4 Å². The lowest BCUT2D eigenvalue weighted by atomic mass is 10.2. The molecule has 1 fully saturated rings. The third-order valence-corrected chi connectivity index (χ3v) is 4.37. The van der Waals surface area contributed by atoms with Crippen LogP contribution in [0.4, 0.5) is 5.69 Å². The van der Waals surface area contributed by atoms with Crippen molar-refractivity contribution in [2.45, 2.75) is 44.9 Å². The lowest BCUT2D eigenvalue weighted by molar-refractivity contribution is -0.385. The summed E-state index contributed by atoms with van der Waals surface area (Å²) >= 11 is 0. The minimum atomic E-state index is -0.614. The second-order valence-corrected chi connectivity index (χ2v) is 6.41. The number of hydrogen-bond acceptors (Lipinski definition) is 6. The molecule has 0 bridgehead atoms. The van der Waals surface area contributed by atoms with E-state index in [9.17, 15) is 19.7 Å². The van der Waals surface area contributed by atoms with E-state index in [2.05, 4.69) is 10.3 Å². The molecule has 1 aliphatic rings. The summed E-state index contributed by atoms with van der Waals surface area (Å²) in [6, 6.07) is 5.72. The van der Waals surface area contributed by atoms with Crippen LogP contribution < -0.4 is 15.6 Å². The zero-order chi connectivity index (χ0) is 19.2. The Bertz CT molecular complexity index is 889. The van der Waals surface area contributed by atoms with Crippen LogP contribution in [0.1, 0.15) is 31.2 Å². The maximum absolute atomic E-state index is 12.1. The first-order valence-corrected chi connectivity index (χ1v) is 8.74. The highest BCUT2D eigenvalue weighted by Crippen LogP contribution is 2.23. The van der Waals surface area contributed by atoms with Gasteiger partial charge < -0.3 is 10.1 Å². The fourth-order valence-corrected chi connectivity index (χ4v) is 2.96. The van der Waals surface area contributed by atoms with Gasteiger partial charge >= 0.3 is 0 Å². The van der Waals surface area contributed by atoms with Crippen molar-refractivity contribution in [1.82, 2.24) is 14.9 Å². The molecule has 2 aromatic rings. The van der Waals surface area contributed by atoms with Gasteiger partial charge in [0.05, 0.1) is 11.1 Å². The van der Waals surface area contributed by atoms with Crippen LogP contribution in [0.15, 0.2) is 41.5 Å². The molecule has 0 saturated heterocycles. The lowest BCUT2D eigenvalue weighted by Crippen LogP contribution is -2.31. The standard InChI is InChI=1S/C18H20N4O5/c23-16(12-21-11-14(22(25)26)5-6-18(21)24)20-10-13-7-8-19-17(9-13)27-15-3-1-2-4-15/h5-9,11,15H,1-4,10,12H2,(H,20,23). The number of carbonyl (C=O) groups excluding carboxylic acids is 1. The topological polar surface area (TPSA) is 116 Å². The summed E-state index contributed by atoms with van der Waals surface area (Å²) in [6.45, 7) is -0.0525. The fourth-order valence-electron chi connectivity index (χ4n) is 2.96. The van der Waals surface area contributed by atoms with Gasteiger partial charge in [0.1, 0.15) is 12.6 Å². The predicted molar refractivity (Wildman–Crippen MR) is 96.3 cm³/mol. The Kier molecular flexibility index (Phi) is 5.80. The number of nitrogens with one attached hydrogen (secondary N) is 1. The van der Waals surface area contributed by atoms with Gasteiger partial charge in [0.25, 0.3) is 11.2 Å².